The molecule has 0 aromatic heterocycles. The molecule has 0 spiro atoms. The van der Waals surface area contributed by atoms with Crippen LogP contribution in [0.25, 0.3) is 0 Å². The Hall–Kier alpha value is 0.730. The Balaban J connectivity index is 2.46. The first-order chi connectivity index (χ1) is 5.00. The van der Waals surface area contributed by atoms with Crippen molar-refractivity contribution in [3.05, 3.63) is 0 Å². The molecule has 11 heavy (non-hydrogen) atoms. The van der Waals surface area contributed by atoms with Crippen LogP contribution < -0.4 is 0 Å². The standard InChI is InChI=1S/C10H19I/c1-10(2,3)8-5-4-6-9(11)7-8/h8-9H,4-7H2,1-3H3/t8-,9-/m0/s1. The fourth-order valence-corrected chi connectivity index (χ4v) is 2.97. The Labute approximate surface area is 84.3 Å². The van der Waals surface area contributed by atoms with Gasteiger partial charge in [-0.2, -0.15) is 0 Å². The van der Waals surface area contributed by atoms with Crippen molar-refractivity contribution in [1.29, 1.82) is 0 Å². The number of rotatable bonds is 0. The van der Waals surface area contributed by atoms with E-state index in [9.17, 15) is 0 Å². The van der Waals surface area contributed by atoms with E-state index in [1.807, 2.05) is 0 Å². The van der Waals surface area contributed by atoms with Gasteiger partial charge in [-0.1, -0.05) is 49.8 Å². The molecule has 0 saturated heterocycles. The first kappa shape index (κ1) is 9.82. The number of halogens is 1. The van der Waals surface area contributed by atoms with Crippen molar-refractivity contribution >= 4 is 22.6 Å². The first-order valence-electron chi connectivity index (χ1n) is 4.64. The minimum absolute atomic E-state index is 0.545. The fourth-order valence-electron chi connectivity index (χ4n) is 1.92. The lowest BCUT2D eigenvalue weighted by atomic mass is 9.72. The van der Waals surface area contributed by atoms with Crippen LogP contribution >= 0.6 is 22.6 Å². The smallest absolute Gasteiger partial charge is 0.0112 e. The molecule has 1 rings (SSSR count). The average molecular weight is 266 g/mol. The summed E-state index contributed by atoms with van der Waals surface area (Å²) >= 11 is 2.61. The fraction of sp³-hybridized carbons (Fsp3) is 1.00. The lowest BCUT2D eigenvalue weighted by Gasteiger charge is -2.35. The average Bonchev–Trinajstić information content (AvgIpc) is 1.86. The minimum Gasteiger partial charge on any atom is -0.0826 e. The summed E-state index contributed by atoms with van der Waals surface area (Å²) in [7, 11) is 0. The lowest BCUT2D eigenvalue weighted by Crippen LogP contribution is -2.26. The van der Waals surface area contributed by atoms with Gasteiger partial charge in [-0.25, -0.2) is 0 Å². The van der Waals surface area contributed by atoms with E-state index >= 15 is 0 Å². The molecule has 2 atom stereocenters. The predicted molar refractivity (Wildman–Crippen MR) is 59.2 cm³/mol. The zero-order chi connectivity index (χ0) is 8.48. The van der Waals surface area contributed by atoms with Crippen molar-refractivity contribution in [2.24, 2.45) is 11.3 Å². The third-order valence-corrected chi connectivity index (χ3v) is 3.97. The second-order valence-corrected chi connectivity index (χ2v) is 6.59. The normalized spacial score (nSPS) is 33.8. The van der Waals surface area contributed by atoms with Gasteiger partial charge in [0.25, 0.3) is 0 Å². The Morgan fingerprint density at radius 2 is 1.82 bits per heavy atom. The van der Waals surface area contributed by atoms with Gasteiger partial charge in [0.2, 0.25) is 0 Å². The van der Waals surface area contributed by atoms with Crippen LogP contribution in [0.1, 0.15) is 46.5 Å². The highest BCUT2D eigenvalue weighted by Gasteiger charge is 2.29. The summed E-state index contributed by atoms with van der Waals surface area (Å²) in [6, 6.07) is 0. The van der Waals surface area contributed by atoms with Gasteiger partial charge in [-0.15, -0.1) is 0 Å². The van der Waals surface area contributed by atoms with Gasteiger partial charge in [0.1, 0.15) is 0 Å². The maximum atomic E-state index is 2.61. The predicted octanol–water partition coefficient (Wildman–Crippen LogP) is 4.03. The summed E-state index contributed by atoms with van der Waals surface area (Å²) in [6.07, 6.45) is 5.82. The summed E-state index contributed by atoms with van der Waals surface area (Å²) in [6.45, 7) is 7.14. The highest BCUT2D eigenvalue weighted by atomic mass is 127. The Morgan fingerprint density at radius 3 is 2.18 bits per heavy atom. The van der Waals surface area contributed by atoms with Gasteiger partial charge in [0, 0.05) is 3.92 Å². The molecule has 0 aromatic carbocycles. The second-order valence-electron chi connectivity index (χ2n) is 4.83. The number of alkyl halides is 1. The van der Waals surface area contributed by atoms with Gasteiger partial charge in [-0.05, 0) is 30.6 Å². The molecule has 0 aromatic rings. The molecule has 0 N–H and O–H groups in total. The van der Waals surface area contributed by atoms with E-state index in [4.69, 9.17) is 0 Å². The van der Waals surface area contributed by atoms with Crippen LogP contribution in [0.4, 0.5) is 0 Å². The van der Waals surface area contributed by atoms with Gasteiger partial charge in [0.15, 0.2) is 0 Å². The van der Waals surface area contributed by atoms with Crippen molar-refractivity contribution in [2.75, 3.05) is 0 Å². The highest BCUT2D eigenvalue weighted by Crippen LogP contribution is 2.39. The van der Waals surface area contributed by atoms with E-state index in [0.717, 1.165) is 9.84 Å². The maximum absolute atomic E-state index is 2.61. The van der Waals surface area contributed by atoms with Gasteiger partial charge >= 0.3 is 0 Å². The third kappa shape index (κ3) is 2.92. The first-order valence-corrected chi connectivity index (χ1v) is 5.89. The largest absolute Gasteiger partial charge is 0.0826 e. The van der Waals surface area contributed by atoms with Crippen LogP contribution in [0.15, 0.2) is 0 Å². The van der Waals surface area contributed by atoms with Crippen molar-refractivity contribution in [1.82, 2.24) is 0 Å². The molecule has 0 radical (unpaired) electrons. The van der Waals surface area contributed by atoms with Crippen molar-refractivity contribution in [3.8, 4) is 0 Å². The van der Waals surface area contributed by atoms with Gasteiger partial charge < -0.3 is 0 Å². The molecule has 0 aliphatic heterocycles. The van der Waals surface area contributed by atoms with Crippen LogP contribution in [-0.2, 0) is 0 Å². The van der Waals surface area contributed by atoms with Crippen LogP contribution in [0.2, 0.25) is 0 Å². The van der Waals surface area contributed by atoms with Crippen LogP contribution in [0.5, 0.6) is 0 Å². The zero-order valence-corrected chi connectivity index (χ0v) is 10.0. The summed E-state index contributed by atoms with van der Waals surface area (Å²) in [5.41, 5.74) is 0.545. The summed E-state index contributed by atoms with van der Waals surface area (Å²) < 4.78 is 0.950. The molecular formula is C10H19I. The van der Waals surface area contributed by atoms with E-state index in [2.05, 4.69) is 43.4 Å². The van der Waals surface area contributed by atoms with Crippen molar-refractivity contribution in [2.45, 2.75) is 50.4 Å². The molecule has 0 amide bonds. The topological polar surface area (TPSA) is 0 Å². The molecule has 66 valence electrons. The number of hydrogen-bond acceptors (Lipinski definition) is 0. The Bertz CT molecular complexity index is 123. The van der Waals surface area contributed by atoms with Gasteiger partial charge in [-0.3, -0.25) is 0 Å². The van der Waals surface area contributed by atoms with Crippen LogP contribution in [-0.4, -0.2) is 3.92 Å². The molecule has 1 heteroatoms. The molecule has 1 fully saturated rings. The maximum Gasteiger partial charge on any atom is 0.0112 e. The van der Waals surface area contributed by atoms with E-state index in [0.29, 0.717) is 5.41 Å². The molecule has 0 heterocycles. The third-order valence-electron chi connectivity index (χ3n) is 2.83. The van der Waals surface area contributed by atoms with Crippen molar-refractivity contribution in [3.63, 3.8) is 0 Å². The molecule has 1 saturated carbocycles. The molecular weight excluding hydrogens is 247 g/mol. The van der Waals surface area contributed by atoms with E-state index < -0.39 is 0 Å². The monoisotopic (exact) mass is 266 g/mol. The molecule has 0 bridgehead atoms. The van der Waals surface area contributed by atoms with E-state index in [1.165, 1.54) is 25.7 Å². The SMILES string of the molecule is CC(C)(C)[C@H]1CCC[C@H](I)C1. The van der Waals surface area contributed by atoms with Crippen LogP contribution in [0.3, 0.4) is 0 Å². The van der Waals surface area contributed by atoms with Gasteiger partial charge in [0.05, 0.1) is 0 Å². The Morgan fingerprint density at radius 1 is 1.18 bits per heavy atom. The summed E-state index contributed by atoms with van der Waals surface area (Å²) in [5, 5.41) is 0. The van der Waals surface area contributed by atoms with E-state index in [1.54, 1.807) is 0 Å². The number of hydrogen-bond donors (Lipinski definition) is 0. The molecule has 1 aliphatic rings. The second kappa shape index (κ2) is 3.63. The summed E-state index contributed by atoms with van der Waals surface area (Å²) in [4.78, 5) is 0. The Kier molecular flexibility index (Phi) is 3.24. The molecule has 0 unspecified atom stereocenters. The quantitative estimate of drug-likeness (QED) is 0.458. The van der Waals surface area contributed by atoms with Crippen LogP contribution in [0, 0.1) is 11.3 Å². The van der Waals surface area contributed by atoms with Crippen molar-refractivity contribution < 1.29 is 0 Å². The lowest BCUT2D eigenvalue weighted by molar-refractivity contribution is 0.186. The molecule has 1 aliphatic carbocycles. The summed E-state index contributed by atoms with van der Waals surface area (Å²) in [5.74, 6) is 0.971. The zero-order valence-electron chi connectivity index (χ0n) is 7.86. The minimum atomic E-state index is 0.545. The van der Waals surface area contributed by atoms with E-state index in [-0.39, 0.29) is 0 Å². The highest BCUT2D eigenvalue weighted by molar-refractivity contribution is 14.1. The molecule has 0 nitrogen and oxygen atoms in total.